The predicted octanol–water partition coefficient (Wildman–Crippen LogP) is 3.77. The van der Waals surface area contributed by atoms with Crippen LogP contribution in [0.1, 0.15) is 18.4 Å². The number of amides is 1. The van der Waals surface area contributed by atoms with E-state index in [4.69, 9.17) is 11.5 Å². The summed E-state index contributed by atoms with van der Waals surface area (Å²) in [5.74, 6) is -0.138. The maximum atomic E-state index is 14.5. The predicted molar refractivity (Wildman–Crippen MR) is 140 cm³/mol. The van der Waals surface area contributed by atoms with Crippen LogP contribution in [0.3, 0.4) is 0 Å². The van der Waals surface area contributed by atoms with Crippen molar-refractivity contribution in [2.24, 2.45) is 5.92 Å². The number of hydrogen-bond acceptors (Lipinski definition) is 6. The van der Waals surface area contributed by atoms with E-state index in [1.807, 2.05) is 30.3 Å². The van der Waals surface area contributed by atoms with Crippen molar-refractivity contribution in [3.8, 4) is 22.3 Å². The molecule has 2 aromatic carbocycles. The van der Waals surface area contributed by atoms with Gasteiger partial charge in [-0.15, -0.1) is 0 Å². The quantitative estimate of drug-likeness (QED) is 0.520. The number of nitrogen functional groups attached to an aromatic ring is 2. The molecule has 3 heterocycles. The molecule has 186 valence electrons. The molecule has 0 atom stereocenters. The van der Waals surface area contributed by atoms with E-state index in [-0.39, 0.29) is 29.1 Å². The van der Waals surface area contributed by atoms with Crippen LogP contribution >= 0.6 is 0 Å². The molecule has 0 unspecified atom stereocenters. The van der Waals surface area contributed by atoms with Gasteiger partial charge in [0.2, 0.25) is 5.91 Å². The molecule has 2 saturated heterocycles. The highest BCUT2D eigenvalue weighted by molar-refractivity contribution is 7.91. The smallest absolute Gasteiger partial charge is 0.226 e. The third-order valence-electron chi connectivity index (χ3n) is 6.82. The summed E-state index contributed by atoms with van der Waals surface area (Å²) >= 11 is 0. The number of rotatable bonds is 4. The number of hydrogen-bond donors (Lipinski definition) is 2. The van der Waals surface area contributed by atoms with Crippen LogP contribution in [0.25, 0.3) is 28.3 Å². The number of halogens is 1. The number of nitrogens with two attached hydrogens (primary N) is 2. The Kier molecular flexibility index (Phi) is 6.26. The van der Waals surface area contributed by atoms with Crippen molar-refractivity contribution in [2.45, 2.75) is 12.8 Å². The maximum absolute atomic E-state index is 14.5. The van der Waals surface area contributed by atoms with E-state index >= 15 is 0 Å². The fourth-order valence-electron chi connectivity index (χ4n) is 4.69. The molecule has 0 spiro atoms. The van der Waals surface area contributed by atoms with Gasteiger partial charge >= 0.3 is 0 Å². The van der Waals surface area contributed by atoms with Crippen LogP contribution < -0.4 is 11.5 Å². The molecule has 4 N–H and O–H groups in total. The number of carbonyl (C=O) groups is 1. The lowest BCUT2D eigenvalue weighted by Crippen LogP contribution is -2.48. The molecule has 0 radical (unpaired) electrons. The second-order valence-corrected chi connectivity index (χ2v) is 11.7. The lowest BCUT2D eigenvalue weighted by Gasteiger charge is -2.37. The number of pyridine rings is 1. The molecule has 3 aromatic rings. The molecule has 5 rings (SSSR count). The summed E-state index contributed by atoms with van der Waals surface area (Å²) in [6.07, 6.45) is 4.57. The van der Waals surface area contributed by atoms with Gasteiger partial charge in [-0.05, 0) is 53.8 Å². The first kappa shape index (κ1) is 24.0. The van der Waals surface area contributed by atoms with Gasteiger partial charge in [-0.2, -0.15) is 0 Å². The molecule has 1 amide bonds. The highest BCUT2D eigenvalue weighted by atomic mass is 32.2. The van der Waals surface area contributed by atoms with E-state index in [0.717, 1.165) is 22.3 Å². The van der Waals surface area contributed by atoms with Crippen molar-refractivity contribution < 1.29 is 17.6 Å². The first-order valence-corrected chi connectivity index (χ1v) is 13.6. The molecule has 0 saturated carbocycles. The van der Waals surface area contributed by atoms with E-state index in [2.05, 4.69) is 11.1 Å². The number of nitrogens with zero attached hydrogens (tertiary/aromatic N) is 2. The van der Waals surface area contributed by atoms with Crippen molar-refractivity contribution in [1.29, 1.82) is 0 Å². The topological polar surface area (TPSA) is 119 Å². The van der Waals surface area contributed by atoms with Crippen molar-refractivity contribution in [3.05, 3.63) is 71.7 Å². The molecule has 1 aromatic heterocycles. The van der Waals surface area contributed by atoms with Crippen molar-refractivity contribution in [1.82, 2.24) is 9.88 Å². The van der Waals surface area contributed by atoms with Gasteiger partial charge in [0.05, 0.1) is 11.5 Å². The van der Waals surface area contributed by atoms with Gasteiger partial charge in [0.25, 0.3) is 0 Å². The lowest BCUT2D eigenvalue weighted by molar-refractivity contribution is -0.137. The summed E-state index contributed by atoms with van der Waals surface area (Å²) in [6.45, 7) is 1.14. The monoisotopic (exact) mass is 506 g/mol. The Labute approximate surface area is 209 Å². The van der Waals surface area contributed by atoms with E-state index in [0.29, 0.717) is 42.7 Å². The summed E-state index contributed by atoms with van der Waals surface area (Å²) in [7, 11) is -2.97. The van der Waals surface area contributed by atoms with Crippen molar-refractivity contribution in [2.75, 3.05) is 36.1 Å². The number of anilines is 2. The second kappa shape index (κ2) is 9.39. The van der Waals surface area contributed by atoms with Gasteiger partial charge in [0.1, 0.15) is 21.5 Å². The highest BCUT2D eigenvalue weighted by Gasteiger charge is 2.34. The van der Waals surface area contributed by atoms with Crippen LogP contribution in [0.2, 0.25) is 0 Å². The van der Waals surface area contributed by atoms with Gasteiger partial charge in [-0.3, -0.25) is 4.79 Å². The van der Waals surface area contributed by atoms with Crippen LogP contribution in [0.15, 0.2) is 60.3 Å². The Morgan fingerprint density at radius 3 is 2.33 bits per heavy atom. The molecule has 7 nitrogen and oxygen atoms in total. The standard InChI is InChI=1S/C27H27FN4O3S/c28-25-13-22(29)5-6-23(25)24-12-21(14-31-26(24)30)19-3-1-17(2-4-19)11-18-15-32(16-18)27(33)20-7-9-36(34,35)10-8-20/h1-6,11-14,20H,7-10,15-16,29H2,(H2,30,31). The second-order valence-electron chi connectivity index (χ2n) is 9.44. The molecule has 0 bridgehead atoms. The van der Waals surface area contributed by atoms with Gasteiger partial charge in [0.15, 0.2) is 0 Å². The number of aromatic nitrogens is 1. The van der Waals surface area contributed by atoms with Crippen LogP contribution in [0, 0.1) is 11.7 Å². The van der Waals surface area contributed by atoms with E-state index in [9.17, 15) is 17.6 Å². The Bertz CT molecular complexity index is 1450. The fourth-order valence-corrected chi connectivity index (χ4v) is 6.18. The molecular weight excluding hydrogens is 479 g/mol. The fraction of sp³-hybridized carbons (Fsp3) is 0.259. The van der Waals surface area contributed by atoms with Crippen LogP contribution in [-0.4, -0.2) is 48.8 Å². The average Bonchev–Trinajstić information content (AvgIpc) is 2.82. The number of benzene rings is 2. The minimum Gasteiger partial charge on any atom is -0.399 e. The van der Waals surface area contributed by atoms with Gasteiger partial charge in [-0.25, -0.2) is 17.8 Å². The SMILES string of the molecule is Nc1ccc(-c2cc(-c3ccc(C=C4CN(C(=O)C5CCS(=O)(=O)CC5)C4)cc3)cnc2N)c(F)c1. The molecule has 2 aliphatic heterocycles. The van der Waals surface area contributed by atoms with Crippen LogP contribution in [-0.2, 0) is 14.6 Å². The Balaban J connectivity index is 1.25. The normalized spacial score (nSPS) is 17.5. The zero-order valence-corrected chi connectivity index (χ0v) is 20.5. The van der Waals surface area contributed by atoms with Gasteiger partial charge in [0, 0.05) is 47.6 Å². The zero-order valence-electron chi connectivity index (χ0n) is 19.7. The average molecular weight is 507 g/mol. The summed E-state index contributed by atoms with van der Waals surface area (Å²) in [6, 6.07) is 14.2. The summed E-state index contributed by atoms with van der Waals surface area (Å²) in [4.78, 5) is 18.7. The minimum absolute atomic E-state index is 0.0570. The third kappa shape index (κ3) is 4.97. The molecule has 2 aliphatic rings. The number of likely N-dealkylation sites (tertiary alicyclic amines) is 1. The van der Waals surface area contributed by atoms with E-state index < -0.39 is 15.7 Å². The van der Waals surface area contributed by atoms with Crippen molar-refractivity contribution >= 4 is 33.3 Å². The number of carbonyl (C=O) groups excluding carboxylic acids is 1. The largest absolute Gasteiger partial charge is 0.399 e. The maximum Gasteiger partial charge on any atom is 0.226 e. The van der Waals surface area contributed by atoms with Crippen molar-refractivity contribution in [3.63, 3.8) is 0 Å². The Hall–Kier alpha value is -3.72. The van der Waals surface area contributed by atoms with Gasteiger partial charge in [-0.1, -0.05) is 30.3 Å². The highest BCUT2D eigenvalue weighted by Crippen LogP contribution is 2.32. The van der Waals surface area contributed by atoms with Crippen LogP contribution in [0.5, 0.6) is 0 Å². The van der Waals surface area contributed by atoms with Crippen LogP contribution in [0.4, 0.5) is 15.9 Å². The molecule has 36 heavy (non-hydrogen) atoms. The minimum atomic E-state index is -2.97. The first-order valence-electron chi connectivity index (χ1n) is 11.8. The summed E-state index contributed by atoms with van der Waals surface area (Å²) < 4.78 is 37.7. The third-order valence-corrected chi connectivity index (χ3v) is 8.54. The Morgan fingerprint density at radius 1 is 0.972 bits per heavy atom. The molecular formula is C27H27FN4O3S. The Morgan fingerprint density at radius 2 is 1.67 bits per heavy atom. The zero-order chi connectivity index (χ0) is 25.4. The van der Waals surface area contributed by atoms with Gasteiger partial charge < -0.3 is 16.4 Å². The van der Waals surface area contributed by atoms with E-state index in [1.54, 1.807) is 23.2 Å². The first-order chi connectivity index (χ1) is 17.2. The number of sulfone groups is 1. The molecule has 0 aliphatic carbocycles. The summed E-state index contributed by atoms with van der Waals surface area (Å²) in [5, 5.41) is 0. The summed E-state index contributed by atoms with van der Waals surface area (Å²) in [5.41, 5.74) is 16.8. The molecule has 2 fully saturated rings. The van der Waals surface area contributed by atoms with E-state index in [1.165, 1.54) is 6.07 Å². The molecule has 9 heteroatoms. The lowest BCUT2D eigenvalue weighted by atomic mass is 9.96.